The molecule has 2 aromatic rings. The van der Waals surface area contributed by atoms with Crippen molar-refractivity contribution in [3.63, 3.8) is 0 Å². The number of H-pyrrole nitrogens is 1. The third-order valence-corrected chi connectivity index (χ3v) is 3.62. The molecule has 0 amide bonds. The molecular weight excluding hydrogens is 384 g/mol. The number of carbonyl (C=O) groups is 1. The van der Waals surface area contributed by atoms with Gasteiger partial charge in [0, 0.05) is 8.95 Å². The minimum absolute atomic E-state index is 0.272. The zero-order valence-corrected chi connectivity index (χ0v) is 12.9. The Labute approximate surface area is 123 Å². The third kappa shape index (κ3) is 2.64. The summed E-state index contributed by atoms with van der Waals surface area (Å²) in [6.45, 7) is -0.272. The van der Waals surface area contributed by atoms with Crippen LogP contribution in [0.5, 0.6) is 0 Å². The molecule has 1 aromatic heterocycles. The van der Waals surface area contributed by atoms with Gasteiger partial charge in [-0.3, -0.25) is 19.1 Å². The number of rotatable bonds is 2. The molecule has 1 N–H and O–H groups in total. The first-order valence-corrected chi connectivity index (χ1v) is 6.71. The second kappa shape index (κ2) is 5.30. The van der Waals surface area contributed by atoms with E-state index >= 15 is 0 Å². The number of nitrogens with one attached hydrogen (secondary N) is 1. The molecule has 0 spiro atoms. The normalized spacial score (nSPS) is 10.7. The van der Waals surface area contributed by atoms with Gasteiger partial charge in [0.15, 0.2) is 0 Å². The van der Waals surface area contributed by atoms with Crippen molar-refractivity contribution < 1.29 is 9.53 Å². The van der Waals surface area contributed by atoms with Crippen LogP contribution in [0.15, 0.2) is 30.7 Å². The van der Waals surface area contributed by atoms with E-state index in [0.29, 0.717) is 19.8 Å². The van der Waals surface area contributed by atoms with Gasteiger partial charge in [-0.15, -0.1) is 0 Å². The van der Waals surface area contributed by atoms with Gasteiger partial charge in [-0.05, 0) is 28.1 Å². The highest BCUT2D eigenvalue weighted by Gasteiger charge is 2.14. The smallest absolute Gasteiger partial charge is 0.329 e. The number of hydrogen-bond donors (Lipinski definition) is 1. The topological polar surface area (TPSA) is 81.2 Å². The first kappa shape index (κ1) is 14.0. The summed E-state index contributed by atoms with van der Waals surface area (Å²) in [7, 11) is 1.23. The zero-order valence-electron chi connectivity index (χ0n) is 9.70. The van der Waals surface area contributed by atoms with Crippen molar-refractivity contribution in [3.8, 4) is 0 Å². The van der Waals surface area contributed by atoms with Crippen molar-refractivity contribution >= 4 is 48.7 Å². The van der Waals surface area contributed by atoms with E-state index in [4.69, 9.17) is 0 Å². The molecule has 0 aliphatic rings. The lowest BCUT2D eigenvalue weighted by molar-refractivity contribution is -0.141. The molecule has 0 atom stereocenters. The molecule has 0 fully saturated rings. The molecule has 0 unspecified atom stereocenters. The maximum atomic E-state index is 11.8. The van der Waals surface area contributed by atoms with E-state index in [-0.39, 0.29) is 6.54 Å². The summed E-state index contributed by atoms with van der Waals surface area (Å²) in [5.41, 5.74) is -0.825. The fourth-order valence-corrected chi connectivity index (χ4v) is 3.07. The molecule has 0 saturated carbocycles. The number of methoxy groups -OCH3 is 1. The van der Waals surface area contributed by atoms with Crippen LogP contribution in [-0.4, -0.2) is 22.6 Å². The molecule has 0 aliphatic carbocycles. The molecule has 100 valence electrons. The van der Waals surface area contributed by atoms with E-state index < -0.39 is 17.2 Å². The van der Waals surface area contributed by atoms with Crippen LogP contribution in [0.3, 0.4) is 0 Å². The van der Waals surface area contributed by atoms with Gasteiger partial charge in [0.2, 0.25) is 0 Å². The lowest BCUT2D eigenvalue weighted by Crippen LogP contribution is -2.32. The van der Waals surface area contributed by atoms with E-state index in [1.54, 1.807) is 12.1 Å². The van der Waals surface area contributed by atoms with Crippen molar-refractivity contribution in [2.45, 2.75) is 6.54 Å². The monoisotopic (exact) mass is 390 g/mol. The number of aromatic nitrogens is 2. The average molecular weight is 392 g/mol. The summed E-state index contributed by atoms with van der Waals surface area (Å²) in [4.78, 5) is 37.1. The van der Waals surface area contributed by atoms with Crippen LogP contribution < -0.4 is 11.2 Å². The van der Waals surface area contributed by atoms with Crippen LogP contribution in [0.2, 0.25) is 0 Å². The van der Waals surface area contributed by atoms with E-state index in [0.717, 1.165) is 4.57 Å². The van der Waals surface area contributed by atoms with Crippen molar-refractivity contribution in [2.24, 2.45) is 0 Å². The Hall–Kier alpha value is -1.41. The van der Waals surface area contributed by atoms with Gasteiger partial charge in [-0.1, -0.05) is 15.9 Å². The first-order valence-electron chi connectivity index (χ1n) is 5.12. The van der Waals surface area contributed by atoms with Crippen LogP contribution >= 0.6 is 31.9 Å². The second-order valence-corrected chi connectivity index (χ2v) is 5.47. The maximum Gasteiger partial charge on any atom is 0.329 e. The Kier molecular flexibility index (Phi) is 3.91. The Morgan fingerprint density at radius 1 is 1.37 bits per heavy atom. The zero-order chi connectivity index (χ0) is 14.2. The van der Waals surface area contributed by atoms with Crippen LogP contribution in [0.25, 0.3) is 10.9 Å². The number of fused-ring (bicyclic) bond motifs is 1. The standard InChI is InChI=1S/C11H8Br2N2O4/c1-19-8(16)4-15-7-3-5(12)2-6(13)9(7)10(17)14-11(15)18/h2-3H,4H2,1H3,(H,14,17,18). The molecule has 19 heavy (non-hydrogen) atoms. The maximum absolute atomic E-state index is 11.8. The SMILES string of the molecule is COC(=O)Cn1c(=O)[nH]c(=O)c2c(Br)cc(Br)cc21. The van der Waals surface area contributed by atoms with E-state index in [1.807, 2.05) is 0 Å². The molecular formula is C11H8Br2N2O4. The molecule has 1 aromatic carbocycles. The van der Waals surface area contributed by atoms with Gasteiger partial charge >= 0.3 is 11.7 Å². The molecule has 0 saturated heterocycles. The second-order valence-electron chi connectivity index (χ2n) is 3.70. The summed E-state index contributed by atoms with van der Waals surface area (Å²) < 4.78 is 6.89. The fraction of sp³-hybridized carbons (Fsp3) is 0.182. The van der Waals surface area contributed by atoms with Crippen molar-refractivity contribution in [1.29, 1.82) is 0 Å². The predicted octanol–water partition coefficient (Wildman–Crippen LogP) is 1.39. The van der Waals surface area contributed by atoms with Gasteiger partial charge < -0.3 is 4.74 Å². The molecule has 0 bridgehead atoms. The molecule has 0 radical (unpaired) electrons. The van der Waals surface area contributed by atoms with Crippen LogP contribution in [0.4, 0.5) is 0 Å². The lowest BCUT2D eigenvalue weighted by atomic mass is 10.2. The quantitative estimate of drug-likeness (QED) is 0.784. The van der Waals surface area contributed by atoms with Gasteiger partial charge in [-0.25, -0.2) is 4.79 Å². The summed E-state index contributed by atoms with van der Waals surface area (Å²) >= 11 is 6.54. The van der Waals surface area contributed by atoms with Crippen LogP contribution in [0, 0.1) is 0 Å². The number of halogens is 2. The molecule has 1 heterocycles. The summed E-state index contributed by atoms with van der Waals surface area (Å²) in [6.07, 6.45) is 0. The summed E-state index contributed by atoms with van der Waals surface area (Å²) in [6, 6.07) is 3.28. The Balaban J connectivity index is 2.86. The average Bonchev–Trinajstić information content (AvgIpc) is 2.32. The number of esters is 1. The predicted molar refractivity (Wildman–Crippen MR) is 76.2 cm³/mol. The van der Waals surface area contributed by atoms with Crippen molar-refractivity contribution in [3.05, 3.63) is 41.9 Å². The number of hydrogen-bond acceptors (Lipinski definition) is 4. The van der Waals surface area contributed by atoms with Gasteiger partial charge in [0.1, 0.15) is 6.54 Å². The minimum Gasteiger partial charge on any atom is -0.468 e. The summed E-state index contributed by atoms with van der Waals surface area (Å²) in [5, 5.41) is 0.298. The van der Waals surface area contributed by atoms with Gasteiger partial charge in [0.05, 0.1) is 18.0 Å². The number of aromatic amines is 1. The van der Waals surface area contributed by atoms with E-state index in [1.165, 1.54) is 7.11 Å². The number of ether oxygens (including phenoxy) is 1. The highest BCUT2D eigenvalue weighted by molar-refractivity contribution is 9.11. The Morgan fingerprint density at radius 2 is 2.05 bits per heavy atom. The van der Waals surface area contributed by atoms with Gasteiger partial charge in [-0.2, -0.15) is 0 Å². The molecule has 8 heteroatoms. The number of nitrogens with zero attached hydrogens (tertiary/aromatic N) is 1. The van der Waals surface area contributed by atoms with Crippen molar-refractivity contribution in [1.82, 2.24) is 9.55 Å². The van der Waals surface area contributed by atoms with Crippen LogP contribution in [-0.2, 0) is 16.1 Å². The van der Waals surface area contributed by atoms with Gasteiger partial charge in [0.25, 0.3) is 5.56 Å². The highest BCUT2D eigenvalue weighted by Crippen LogP contribution is 2.25. The first-order chi connectivity index (χ1) is 8.93. The third-order valence-electron chi connectivity index (χ3n) is 2.53. The number of carbonyl (C=O) groups excluding carboxylic acids is 1. The largest absolute Gasteiger partial charge is 0.468 e. The highest BCUT2D eigenvalue weighted by atomic mass is 79.9. The lowest BCUT2D eigenvalue weighted by Gasteiger charge is -2.09. The van der Waals surface area contributed by atoms with E-state index in [2.05, 4.69) is 41.6 Å². The molecule has 2 rings (SSSR count). The molecule has 6 nitrogen and oxygen atoms in total. The fourth-order valence-electron chi connectivity index (χ4n) is 1.68. The minimum atomic E-state index is -0.659. The number of benzene rings is 1. The molecule has 0 aliphatic heterocycles. The Bertz CT molecular complexity index is 779. The van der Waals surface area contributed by atoms with E-state index in [9.17, 15) is 14.4 Å². The Morgan fingerprint density at radius 3 is 2.68 bits per heavy atom. The summed E-state index contributed by atoms with van der Waals surface area (Å²) in [5.74, 6) is -0.577. The van der Waals surface area contributed by atoms with Crippen LogP contribution in [0.1, 0.15) is 0 Å². The van der Waals surface area contributed by atoms with Crippen molar-refractivity contribution in [2.75, 3.05) is 7.11 Å².